The van der Waals surface area contributed by atoms with Crippen molar-refractivity contribution in [1.29, 1.82) is 0 Å². The Morgan fingerprint density at radius 1 is 1.25 bits per heavy atom. The fraction of sp³-hybridized carbons (Fsp3) is 0. The zero-order valence-corrected chi connectivity index (χ0v) is 6.38. The maximum Gasteiger partial charge on any atom is 0.488 e. The minimum Gasteiger partial charge on any atom is -0.423 e. The summed E-state index contributed by atoms with van der Waals surface area (Å²) in [6, 6.07) is 6.60. The van der Waals surface area contributed by atoms with Crippen molar-refractivity contribution in [1.82, 2.24) is 0 Å². The summed E-state index contributed by atoms with van der Waals surface area (Å²) < 4.78 is 0. The molecule has 0 radical (unpaired) electrons. The molecule has 0 aliphatic heterocycles. The van der Waals surface area contributed by atoms with Crippen molar-refractivity contribution in [3.8, 4) is 0 Å². The average Bonchev–Trinajstić information content (AvgIpc) is 2.06. The van der Waals surface area contributed by atoms with Gasteiger partial charge in [0.2, 0.25) is 0 Å². The molecule has 1 rings (SSSR count). The summed E-state index contributed by atoms with van der Waals surface area (Å²) in [6.07, 6.45) is 1.48. The molecule has 0 saturated carbocycles. The molecule has 12 heavy (non-hydrogen) atoms. The lowest BCUT2D eigenvalue weighted by Gasteiger charge is -1.98. The molecule has 0 bridgehead atoms. The Labute approximate surface area is 70.5 Å². The van der Waals surface area contributed by atoms with E-state index in [1.165, 1.54) is 6.21 Å². The lowest BCUT2D eigenvalue weighted by molar-refractivity contribution is 0.426. The van der Waals surface area contributed by atoms with E-state index in [9.17, 15) is 0 Å². The Kier molecular flexibility index (Phi) is 2.84. The van der Waals surface area contributed by atoms with Crippen LogP contribution < -0.4 is 11.3 Å². The summed E-state index contributed by atoms with van der Waals surface area (Å²) >= 11 is 0. The van der Waals surface area contributed by atoms with Gasteiger partial charge in [0.05, 0.1) is 6.21 Å². The summed E-state index contributed by atoms with van der Waals surface area (Å²) in [5.74, 6) is 4.93. The van der Waals surface area contributed by atoms with Crippen LogP contribution in [-0.4, -0.2) is 23.4 Å². The third-order valence-corrected chi connectivity index (χ3v) is 1.46. The smallest absolute Gasteiger partial charge is 0.423 e. The standard InChI is InChI=1S/C7H9BN2O2/c9-10-5-6-1-3-7(4-2-6)8(11)12/h1-5,11-12H,9H2. The third-order valence-electron chi connectivity index (χ3n) is 1.46. The van der Waals surface area contributed by atoms with Gasteiger partial charge in [-0.15, -0.1) is 0 Å². The van der Waals surface area contributed by atoms with Crippen molar-refractivity contribution in [3.05, 3.63) is 29.8 Å². The van der Waals surface area contributed by atoms with Crippen LogP contribution in [0.25, 0.3) is 0 Å². The Bertz CT molecular complexity index is 271. The topological polar surface area (TPSA) is 78.8 Å². The summed E-state index contributed by atoms with van der Waals surface area (Å²) in [7, 11) is -1.42. The number of hydrogen-bond donors (Lipinski definition) is 3. The van der Waals surface area contributed by atoms with Gasteiger partial charge in [-0.25, -0.2) is 0 Å². The van der Waals surface area contributed by atoms with Crippen LogP contribution in [-0.2, 0) is 0 Å². The third kappa shape index (κ3) is 2.08. The molecule has 0 fully saturated rings. The van der Waals surface area contributed by atoms with E-state index in [4.69, 9.17) is 15.9 Å². The normalized spacial score (nSPS) is 10.5. The first-order valence-electron chi connectivity index (χ1n) is 3.43. The number of hydrazone groups is 1. The Morgan fingerprint density at radius 3 is 2.25 bits per heavy atom. The highest BCUT2D eigenvalue weighted by Crippen LogP contribution is 1.92. The number of rotatable bonds is 2. The van der Waals surface area contributed by atoms with Crippen molar-refractivity contribution in [2.24, 2.45) is 10.9 Å². The molecule has 0 atom stereocenters. The zero-order valence-electron chi connectivity index (χ0n) is 6.38. The summed E-state index contributed by atoms with van der Waals surface area (Å²) in [5.41, 5.74) is 1.27. The van der Waals surface area contributed by atoms with Gasteiger partial charge in [-0.2, -0.15) is 5.10 Å². The molecule has 4 N–H and O–H groups in total. The van der Waals surface area contributed by atoms with E-state index in [-0.39, 0.29) is 0 Å². The van der Waals surface area contributed by atoms with E-state index in [0.717, 1.165) is 5.56 Å². The quantitative estimate of drug-likeness (QED) is 0.219. The van der Waals surface area contributed by atoms with Gasteiger partial charge in [-0.3, -0.25) is 0 Å². The zero-order chi connectivity index (χ0) is 8.97. The molecular weight excluding hydrogens is 155 g/mol. The van der Waals surface area contributed by atoms with Crippen LogP contribution in [0.3, 0.4) is 0 Å². The lowest BCUT2D eigenvalue weighted by Crippen LogP contribution is -2.29. The van der Waals surface area contributed by atoms with Gasteiger partial charge < -0.3 is 15.9 Å². The molecule has 4 nitrogen and oxygen atoms in total. The molecule has 0 aliphatic rings. The van der Waals surface area contributed by atoms with Crippen LogP contribution in [0.5, 0.6) is 0 Å². The summed E-state index contributed by atoms with van der Waals surface area (Å²) in [4.78, 5) is 0. The highest BCUT2D eigenvalue weighted by molar-refractivity contribution is 6.58. The van der Waals surface area contributed by atoms with Crippen LogP contribution >= 0.6 is 0 Å². The predicted molar refractivity (Wildman–Crippen MR) is 48.0 cm³/mol. The second-order valence-corrected chi connectivity index (χ2v) is 2.32. The second-order valence-electron chi connectivity index (χ2n) is 2.32. The molecule has 5 heteroatoms. The molecule has 0 heterocycles. The maximum atomic E-state index is 8.74. The first kappa shape index (κ1) is 8.77. The van der Waals surface area contributed by atoms with Crippen LogP contribution in [0.2, 0.25) is 0 Å². The van der Waals surface area contributed by atoms with Crippen molar-refractivity contribution in [2.75, 3.05) is 0 Å². The SMILES string of the molecule is NN=Cc1ccc(B(O)O)cc1. The van der Waals surface area contributed by atoms with Crippen LogP contribution in [0, 0.1) is 0 Å². The largest absolute Gasteiger partial charge is 0.488 e. The van der Waals surface area contributed by atoms with E-state index in [1.807, 2.05) is 0 Å². The van der Waals surface area contributed by atoms with E-state index in [1.54, 1.807) is 24.3 Å². The predicted octanol–water partition coefficient (Wildman–Crippen LogP) is -1.34. The van der Waals surface area contributed by atoms with Gasteiger partial charge in [-0.05, 0) is 11.0 Å². The fourth-order valence-corrected chi connectivity index (χ4v) is 0.840. The van der Waals surface area contributed by atoms with Crippen LogP contribution in [0.15, 0.2) is 29.4 Å². The minimum absolute atomic E-state index is 0.448. The molecule has 0 aliphatic carbocycles. The number of benzene rings is 1. The van der Waals surface area contributed by atoms with Crippen molar-refractivity contribution in [3.63, 3.8) is 0 Å². The van der Waals surface area contributed by atoms with Crippen LogP contribution in [0.4, 0.5) is 0 Å². The number of nitrogens with two attached hydrogens (primary N) is 1. The van der Waals surface area contributed by atoms with E-state index in [2.05, 4.69) is 5.10 Å². The number of hydrogen-bond acceptors (Lipinski definition) is 4. The van der Waals surface area contributed by atoms with Gasteiger partial charge in [0.25, 0.3) is 0 Å². The Morgan fingerprint density at radius 2 is 1.83 bits per heavy atom. The van der Waals surface area contributed by atoms with Gasteiger partial charge in [0, 0.05) is 0 Å². The molecule has 0 amide bonds. The molecule has 0 spiro atoms. The van der Waals surface area contributed by atoms with Gasteiger partial charge >= 0.3 is 7.12 Å². The summed E-state index contributed by atoms with van der Waals surface area (Å²) in [5, 5.41) is 20.8. The molecule has 1 aromatic carbocycles. The Hall–Kier alpha value is -1.33. The molecule has 62 valence electrons. The molecular formula is C7H9BN2O2. The number of nitrogens with zero attached hydrogens (tertiary/aromatic N) is 1. The molecule has 0 aromatic heterocycles. The van der Waals surface area contributed by atoms with Crippen molar-refractivity contribution in [2.45, 2.75) is 0 Å². The van der Waals surface area contributed by atoms with Crippen molar-refractivity contribution >= 4 is 18.8 Å². The Balaban J connectivity index is 2.85. The van der Waals surface area contributed by atoms with Crippen LogP contribution in [0.1, 0.15) is 5.56 Å². The fourth-order valence-electron chi connectivity index (χ4n) is 0.840. The first-order chi connectivity index (χ1) is 5.74. The highest BCUT2D eigenvalue weighted by Gasteiger charge is 2.08. The van der Waals surface area contributed by atoms with Gasteiger partial charge in [-0.1, -0.05) is 24.3 Å². The maximum absolute atomic E-state index is 8.74. The van der Waals surface area contributed by atoms with E-state index < -0.39 is 7.12 Å². The van der Waals surface area contributed by atoms with Gasteiger partial charge in [0.1, 0.15) is 0 Å². The molecule has 0 unspecified atom stereocenters. The summed E-state index contributed by atoms with van der Waals surface area (Å²) in [6.45, 7) is 0. The average molecular weight is 164 g/mol. The van der Waals surface area contributed by atoms with E-state index >= 15 is 0 Å². The van der Waals surface area contributed by atoms with Crippen molar-refractivity contribution < 1.29 is 10.0 Å². The highest BCUT2D eigenvalue weighted by atomic mass is 16.4. The second kappa shape index (κ2) is 3.89. The van der Waals surface area contributed by atoms with E-state index in [0.29, 0.717) is 5.46 Å². The first-order valence-corrected chi connectivity index (χ1v) is 3.43. The van der Waals surface area contributed by atoms with Gasteiger partial charge in [0.15, 0.2) is 0 Å². The minimum atomic E-state index is -1.42. The lowest BCUT2D eigenvalue weighted by atomic mass is 9.80. The molecule has 0 saturated heterocycles. The monoisotopic (exact) mass is 164 g/mol. The molecule has 1 aromatic rings.